The zero-order valence-corrected chi connectivity index (χ0v) is 9.88. The van der Waals surface area contributed by atoms with Gasteiger partial charge in [0, 0.05) is 13.2 Å². The van der Waals surface area contributed by atoms with Crippen LogP contribution < -0.4 is 5.73 Å². The molecule has 6 nitrogen and oxygen atoms in total. The summed E-state index contributed by atoms with van der Waals surface area (Å²) in [6.07, 6.45) is 2.70. The van der Waals surface area contributed by atoms with Gasteiger partial charge in [0.25, 0.3) is 0 Å². The van der Waals surface area contributed by atoms with Crippen LogP contribution in [0.3, 0.4) is 0 Å². The molecule has 0 saturated carbocycles. The third kappa shape index (κ3) is 1.94. The first-order valence-electron chi connectivity index (χ1n) is 4.87. The quantitative estimate of drug-likeness (QED) is 0.762. The van der Waals surface area contributed by atoms with E-state index in [4.69, 9.17) is 18.0 Å². The Hall–Kier alpha value is -1.76. The van der Waals surface area contributed by atoms with E-state index in [9.17, 15) is 0 Å². The summed E-state index contributed by atoms with van der Waals surface area (Å²) in [6, 6.07) is 0. The van der Waals surface area contributed by atoms with E-state index in [0.29, 0.717) is 5.82 Å². The number of rotatable bonds is 2. The topological polar surface area (TPSA) is 85.4 Å². The molecule has 0 aliphatic rings. The molecule has 2 aromatic rings. The summed E-state index contributed by atoms with van der Waals surface area (Å²) in [4.78, 5) is 10.8. The average Bonchev–Trinajstić information content (AvgIpc) is 2.58. The number of H-pyrrole nitrogens is 1. The van der Waals surface area contributed by atoms with Gasteiger partial charge in [-0.3, -0.25) is 4.68 Å². The maximum absolute atomic E-state index is 5.59. The van der Waals surface area contributed by atoms with Gasteiger partial charge in [-0.2, -0.15) is 10.1 Å². The average molecular weight is 236 g/mol. The van der Waals surface area contributed by atoms with Gasteiger partial charge in [0.05, 0.1) is 11.3 Å². The van der Waals surface area contributed by atoms with E-state index in [-0.39, 0.29) is 10.7 Å². The fourth-order valence-electron chi connectivity index (χ4n) is 1.52. The molecular weight excluding hydrogens is 224 g/mol. The smallest absolute Gasteiger partial charge is 0.224 e. The highest BCUT2D eigenvalue weighted by Crippen LogP contribution is 2.19. The minimum Gasteiger partial charge on any atom is -0.369 e. The summed E-state index contributed by atoms with van der Waals surface area (Å²) in [5.41, 5.74) is 7.45. The predicted molar refractivity (Wildman–Crippen MR) is 63.2 cm³/mol. The molecule has 2 heterocycles. The van der Waals surface area contributed by atoms with E-state index < -0.39 is 0 Å². The van der Waals surface area contributed by atoms with Gasteiger partial charge in [-0.15, -0.1) is 0 Å². The fourth-order valence-corrected chi connectivity index (χ4v) is 1.71. The van der Waals surface area contributed by atoms with Crippen LogP contribution in [0.1, 0.15) is 12.6 Å². The van der Waals surface area contributed by atoms with Crippen molar-refractivity contribution in [3.05, 3.63) is 16.7 Å². The highest BCUT2D eigenvalue weighted by Gasteiger charge is 2.10. The molecule has 0 aromatic carbocycles. The maximum Gasteiger partial charge on any atom is 0.224 e. The Bertz CT molecular complexity index is 570. The molecule has 2 aromatic heterocycles. The molecule has 0 unspecified atom stereocenters. The molecule has 0 radical (unpaired) electrons. The standard InChI is InChI=1S/C9H12N6S/c1-3-6-5(4-15(2)14-6)7-11-8(10)13-9(16)12-7/h4H,3H2,1-2H3,(H3,10,11,12,13,16). The Balaban J connectivity index is 2.61. The van der Waals surface area contributed by atoms with E-state index in [1.54, 1.807) is 4.68 Å². The van der Waals surface area contributed by atoms with E-state index in [1.807, 2.05) is 20.2 Å². The van der Waals surface area contributed by atoms with Crippen molar-refractivity contribution in [2.45, 2.75) is 13.3 Å². The summed E-state index contributed by atoms with van der Waals surface area (Å²) < 4.78 is 1.97. The van der Waals surface area contributed by atoms with E-state index in [1.165, 1.54) is 0 Å². The second kappa shape index (κ2) is 4.01. The van der Waals surface area contributed by atoms with Crippen LogP contribution in [0.5, 0.6) is 0 Å². The van der Waals surface area contributed by atoms with E-state index in [2.05, 4.69) is 20.1 Å². The van der Waals surface area contributed by atoms with Crippen LogP contribution in [0.15, 0.2) is 6.20 Å². The van der Waals surface area contributed by atoms with E-state index >= 15 is 0 Å². The molecule has 3 N–H and O–H groups in total. The molecule has 0 atom stereocenters. The third-order valence-corrected chi connectivity index (χ3v) is 2.35. The van der Waals surface area contributed by atoms with Gasteiger partial charge in [0.15, 0.2) is 0 Å². The molecule has 16 heavy (non-hydrogen) atoms. The first kappa shape index (κ1) is 10.7. The van der Waals surface area contributed by atoms with Crippen molar-refractivity contribution in [2.75, 3.05) is 5.73 Å². The lowest BCUT2D eigenvalue weighted by atomic mass is 10.2. The van der Waals surface area contributed by atoms with Gasteiger partial charge >= 0.3 is 0 Å². The van der Waals surface area contributed by atoms with Crippen molar-refractivity contribution in [1.29, 1.82) is 0 Å². The van der Waals surface area contributed by atoms with Gasteiger partial charge in [-0.1, -0.05) is 6.92 Å². The number of nitrogens with one attached hydrogen (secondary N) is 1. The second-order valence-corrected chi connectivity index (χ2v) is 3.75. The monoisotopic (exact) mass is 236 g/mol. The number of aromatic amines is 1. The molecule has 0 fully saturated rings. The van der Waals surface area contributed by atoms with E-state index in [0.717, 1.165) is 17.7 Å². The van der Waals surface area contributed by atoms with Crippen molar-refractivity contribution in [3.63, 3.8) is 0 Å². The van der Waals surface area contributed by atoms with Crippen LogP contribution in [0, 0.1) is 4.77 Å². The van der Waals surface area contributed by atoms with Gasteiger partial charge in [0.2, 0.25) is 10.7 Å². The highest BCUT2D eigenvalue weighted by molar-refractivity contribution is 7.71. The van der Waals surface area contributed by atoms with Crippen molar-refractivity contribution in [1.82, 2.24) is 24.7 Å². The Kier molecular flexibility index (Phi) is 2.69. The zero-order chi connectivity index (χ0) is 11.7. The summed E-state index contributed by atoms with van der Waals surface area (Å²) in [6.45, 7) is 2.03. The molecule has 0 aliphatic carbocycles. The summed E-state index contributed by atoms with van der Waals surface area (Å²) in [5.74, 6) is 0.878. The lowest BCUT2D eigenvalue weighted by Gasteiger charge is -2.00. The molecule has 0 bridgehead atoms. The van der Waals surface area contributed by atoms with Gasteiger partial charge in [0.1, 0.15) is 5.82 Å². The summed E-state index contributed by atoms with van der Waals surface area (Å²) in [5, 5.41) is 4.33. The maximum atomic E-state index is 5.59. The Morgan fingerprint density at radius 3 is 2.88 bits per heavy atom. The van der Waals surface area contributed by atoms with Crippen LogP contribution in [0.2, 0.25) is 0 Å². The molecule has 0 aliphatic heterocycles. The number of nitrogen functional groups attached to an aromatic ring is 1. The lowest BCUT2D eigenvalue weighted by molar-refractivity contribution is 0.746. The fraction of sp³-hybridized carbons (Fsp3) is 0.333. The number of nitrogens with two attached hydrogens (primary N) is 1. The Morgan fingerprint density at radius 1 is 1.50 bits per heavy atom. The van der Waals surface area contributed by atoms with Crippen molar-refractivity contribution >= 4 is 18.2 Å². The Morgan fingerprint density at radius 2 is 2.25 bits per heavy atom. The lowest BCUT2D eigenvalue weighted by Crippen LogP contribution is -2.00. The number of aryl methyl sites for hydroxylation is 2. The first-order valence-corrected chi connectivity index (χ1v) is 5.27. The normalized spacial score (nSPS) is 10.6. The minimum atomic E-state index is 0.233. The predicted octanol–water partition coefficient (Wildman–Crippen LogP) is 1.08. The third-order valence-electron chi connectivity index (χ3n) is 2.17. The molecule has 0 spiro atoms. The zero-order valence-electron chi connectivity index (χ0n) is 9.06. The number of hydrogen-bond acceptors (Lipinski definition) is 5. The molecule has 7 heteroatoms. The largest absolute Gasteiger partial charge is 0.369 e. The van der Waals surface area contributed by atoms with Crippen molar-refractivity contribution < 1.29 is 0 Å². The first-order chi connectivity index (χ1) is 7.60. The number of aromatic nitrogens is 5. The van der Waals surface area contributed by atoms with Crippen LogP contribution in [-0.2, 0) is 13.5 Å². The van der Waals surface area contributed by atoms with Crippen LogP contribution >= 0.6 is 12.2 Å². The number of hydrogen-bond donors (Lipinski definition) is 2. The molecule has 0 saturated heterocycles. The van der Waals surface area contributed by atoms with Crippen LogP contribution in [0.25, 0.3) is 11.4 Å². The van der Waals surface area contributed by atoms with Crippen LogP contribution in [0.4, 0.5) is 5.95 Å². The highest BCUT2D eigenvalue weighted by atomic mass is 32.1. The Labute approximate surface area is 97.5 Å². The van der Waals surface area contributed by atoms with Crippen molar-refractivity contribution in [3.8, 4) is 11.4 Å². The number of anilines is 1. The molecule has 0 amide bonds. The molecule has 2 rings (SSSR count). The summed E-state index contributed by atoms with van der Waals surface area (Å²) >= 11 is 4.92. The van der Waals surface area contributed by atoms with Crippen molar-refractivity contribution in [2.24, 2.45) is 7.05 Å². The molecule has 84 valence electrons. The number of nitrogens with zero attached hydrogens (tertiary/aromatic N) is 4. The van der Waals surface area contributed by atoms with Gasteiger partial charge in [-0.05, 0) is 18.6 Å². The van der Waals surface area contributed by atoms with Gasteiger partial charge in [-0.25, -0.2) is 4.98 Å². The molecular formula is C9H12N6S. The second-order valence-electron chi connectivity index (χ2n) is 3.38. The summed E-state index contributed by atoms with van der Waals surface area (Å²) in [7, 11) is 1.86. The minimum absolute atomic E-state index is 0.233. The van der Waals surface area contributed by atoms with Crippen LogP contribution in [-0.4, -0.2) is 24.7 Å². The van der Waals surface area contributed by atoms with Gasteiger partial charge < -0.3 is 10.7 Å². The SMILES string of the molecule is CCc1nn(C)cc1-c1nc(=S)nc(N)[nH]1.